The van der Waals surface area contributed by atoms with Crippen LogP contribution in [0.1, 0.15) is 22.6 Å². The van der Waals surface area contributed by atoms with Gasteiger partial charge in [0.1, 0.15) is 6.54 Å². The monoisotopic (exact) mass is 391 g/mol. The third kappa shape index (κ3) is 3.66. The second-order valence-corrected chi connectivity index (χ2v) is 7.81. The van der Waals surface area contributed by atoms with Crippen LogP contribution in [0.3, 0.4) is 0 Å². The summed E-state index contributed by atoms with van der Waals surface area (Å²) < 4.78 is 2.81. The third-order valence-electron chi connectivity index (χ3n) is 4.58. The highest BCUT2D eigenvalue weighted by Crippen LogP contribution is 2.31. The SMILES string of the molecule is Cc1cc(C)n(CC(=O)N(Cc2ccccn2)c2nc3c(C)cccc3s2)n1. The molecule has 6 nitrogen and oxygen atoms in total. The lowest BCUT2D eigenvalue weighted by Crippen LogP contribution is -2.34. The summed E-state index contributed by atoms with van der Waals surface area (Å²) >= 11 is 1.52. The molecule has 4 rings (SSSR count). The van der Waals surface area contributed by atoms with Crippen LogP contribution < -0.4 is 4.90 Å². The topological polar surface area (TPSA) is 63.9 Å². The number of carbonyl (C=O) groups is 1. The van der Waals surface area contributed by atoms with Crippen LogP contribution in [0.15, 0.2) is 48.7 Å². The zero-order valence-electron chi connectivity index (χ0n) is 16.1. The number of carbonyl (C=O) groups excluding carboxylic acids is 1. The van der Waals surface area contributed by atoms with Crippen LogP contribution >= 0.6 is 11.3 Å². The van der Waals surface area contributed by atoms with Crippen LogP contribution in [0, 0.1) is 20.8 Å². The van der Waals surface area contributed by atoms with Crippen LogP contribution in [0.5, 0.6) is 0 Å². The van der Waals surface area contributed by atoms with Gasteiger partial charge in [0.15, 0.2) is 5.13 Å². The Balaban J connectivity index is 1.71. The van der Waals surface area contributed by atoms with Crippen LogP contribution in [0.4, 0.5) is 5.13 Å². The number of nitrogens with zero attached hydrogens (tertiary/aromatic N) is 5. The van der Waals surface area contributed by atoms with Crippen molar-refractivity contribution in [2.24, 2.45) is 0 Å². The molecule has 0 atom stereocenters. The average Bonchev–Trinajstić information content (AvgIpc) is 3.24. The van der Waals surface area contributed by atoms with Crippen LogP contribution in [-0.4, -0.2) is 25.7 Å². The molecule has 0 unspecified atom stereocenters. The number of fused-ring (bicyclic) bond motifs is 1. The van der Waals surface area contributed by atoms with E-state index in [0.29, 0.717) is 11.7 Å². The summed E-state index contributed by atoms with van der Waals surface area (Å²) in [5, 5.41) is 5.11. The highest BCUT2D eigenvalue weighted by molar-refractivity contribution is 7.22. The maximum atomic E-state index is 13.2. The Hall–Kier alpha value is -3.06. The summed E-state index contributed by atoms with van der Waals surface area (Å²) in [6.07, 6.45) is 1.74. The van der Waals surface area contributed by atoms with E-state index in [0.717, 1.165) is 32.9 Å². The van der Waals surface area contributed by atoms with E-state index >= 15 is 0 Å². The third-order valence-corrected chi connectivity index (χ3v) is 5.62. The van der Waals surface area contributed by atoms with E-state index in [-0.39, 0.29) is 12.5 Å². The van der Waals surface area contributed by atoms with Crippen molar-refractivity contribution in [3.05, 3.63) is 71.3 Å². The normalized spacial score (nSPS) is 11.1. The first-order chi connectivity index (χ1) is 13.5. The van der Waals surface area contributed by atoms with Crippen LogP contribution in [0.2, 0.25) is 0 Å². The Morgan fingerprint density at radius 2 is 2.00 bits per heavy atom. The van der Waals surface area contributed by atoms with Crippen LogP contribution in [0.25, 0.3) is 10.2 Å². The zero-order valence-corrected chi connectivity index (χ0v) is 16.9. The number of amides is 1. The summed E-state index contributed by atoms with van der Waals surface area (Å²) in [5.74, 6) is -0.0615. The first-order valence-corrected chi connectivity index (χ1v) is 9.90. The molecule has 1 amide bonds. The van der Waals surface area contributed by atoms with Crippen molar-refractivity contribution < 1.29 is 4.79 Å². The molecule has 0 spiro atoms. The van der Waals surface area contributed by atoms with Gasteiger partial charge in [0.25, 0.3) is 5.91 Å². The van der Waals surface area contributed by atoms with Crippen LogP contribution in [-0.2, 0) is 17.9 Å². The van der Waals surface area contributed by atoms with Gasteiger partial charge in [-0.3, -0.25) is 19.4 Å². The van der Waals surface area contributed by atoms with Crippen molar-refractivity contribution in [1.82, 2.24) is 19.7 Å². The Morgan fingerprint density at radius 3 is 2.68 bits per heavy atom. The van der Waals surface area contributed by atoms with E-state index in [1.54, 1.807) is 15.8 Å². The predicted molar refractivity (Wildman–Crippen MR) is 111 cm³/mol. The fourth-order valence-corrected chi connectivity index (χ4v) is 4.21. The second kappa shape index (κ2) is 7.52. The number of anilines is 1. The van der Waals surface area contributed by atoms with Gasteiger partial charge in [-0.1, -0.05) is 29.5 Å². The molecule has 1 aromatic carbocycles. The standard InChI is InChI=1S/C21H21N5OS/c1-14-7-6-9-18-20(14)23-21(28-18)25(12-17-8-4-5-10-22-17)19(27)13-26-16(3)11-15(2)24-26/h4-11H,12-13H2,1-3H3. The number of pyridine rings is 1. The number of rotatable bonds is 5. The van der Waals surface area contributed by atoms with Crippen molar-refractivity contribution in [2.75, 3.05) is 4.90 Å². The van der Waals surface area contributed by atoms with E-state index in [9.17, 15) is 4.79 Å². The van der Waals surface area contributed by atoms with Gasteiger partial charge in [-0.15, -0.1) is 0 Å². The first-order valence-electron chi connectivity index (χ1n) is 9.09. The summed E-state index contributed by atoms with van der Waals surface area (Å²) in [6, 6.07) is 13.8. The molecule has 0 radical (unpaired) electrons. The molecule has 0 N–H and O–H groups in total. The molecule has 4 aromatic rings. The minimum absolute atomic E-state index is 0.0615. The quantitative estimate of drug-likeness (QED) is 0.515. The van der Waals surface area contributed by atoms with E-state index in [1.807, 2.05) is 63.2 Å². The number of aromatic nitrogens is 4. The molecule has 0 aliphatic carbocycles. The molecule has 142 valence electrons. The lowest BCUT2D eigenvalue weighted by Gasteiger charge is -2.20. The van der Waals surface area contributed by atoms with Crippen molar-refractivity contribution in [2.45, 2.75) is 33.9 Å². The van der Waals surface area contributed by atoms with Gasteiger partial charge in [0, 0.05) is 11.9 Å². The fraction of sp³-hybridized carbons (Fsp3) is 0.238. The maximum absolute atomic E-state index is 13.2. The number of hydrogen-bond acceptors (Lipinski definition) is 5. The van der Waals surface area contributed by atoms with E-state index in [2.05, 4.69) is 10.1 Å². The molecule has 0 aliphatic rings. The summed E-state index contributed by atoms with van der Waals surface area (Å²) in [7, 11) is 0. The number of para-hydroxylation sites is 1. The van der Waals surface area contributed by atoms with Crippen molar-refractivity contribution in [3.63, 3.8) is 0 Å². The largest absolute Gasteiger partial charge is 0.280 e. The molecular weight excluding hydrogens is 370 g/mol. The Kier molecular flexibility index (Phi) is 4.92. The molecule has 0 fully saturated rings. The average molecular weight is 392 g/mol. The van der Waals surface area contributed by atoms with Crippen molar-refractivity contribution >= 4 is 32.6 Å². The minimum atomic E-state index is -0.0615. The number of thiazole rings is 1. The van der Waals surface area contributed by atoms with Gasteiger partial charge < -0.3 is 0 Å². The van der Waals surface area contributed by atoms with Gasteiger partial charge in [-0.25, -0.2) is 4.98 Å². The molecule has 3 heterocycles. The van der Waals surface area contributed by atoms with Gasteiger partial charge in [-0.05, 0) is 50.6 Å². The maximum Gasteiger partial charge on any atom is 0.250 e. The molecule has 0 bridgehead atoms. The number of aryl methyl sites for hydroxylation is 3. The van der Waals surface area contributed by atoms with E-state index in [1.165, 1.54) is 11.3 Å². The minimum Gasteiger partial charge on any atom is -0.280 e. The lowest BCUT2D eigenvalue weighted by atomic mass is 10.2. The number of benzene rings is 1. The highest BCUT2D eigenvalue weighted by atomic mass is 32.1. The molecule has 0 aliphatic heterocycles. The smallest absolute Gasteiger partial charge is 0.250 e. The molecule has 28 heavy (non-hydrogen) atoms. The predicted octanol–water partition coefficient (Wildman–Crippen LogP) is 4.05. The van der Waals surface area contributed by atoms with E-state index in [4.69, 9.17) is 4.98 Å². The Labute approximate surface area is 167 Å². The molecule has 3 aromatic heterocycles. The highest BCUT2D eigenvalue weighted by Gasteiger charge is 2.22. The van der Waals surface area contributed by atoms with Gasteiger partial charge in [0.05, 0.1) is 28.1 Å². The molecule has 0 saturated carbocycles. The van der Waals surface area contributed by atoms with Crippen molar-refractivity contribution in [1.29, 1.82) is 0 Å². The summed E-state index contributed by atoms with van der Waals surface area (Å²) in [5.41, 5.74) is 4.72. The molecule has 7 heteroatoms. The zero-order chi connectivity index (χ0) is 19.7. The second-order valence-electron chi connectivity index (χ2n) is 6.80. The fourth-order valence-electron chi connectivity index (χ4n) is 3.15. The molecule has 0 saturated heterocycles. The van der Waals surface area contributed by atoms with Gasteiger partial charge in [0.2, 0.25) is 0 Å². The number of hydrogen-bond donors (Lipinski definition) is 0. The van der Waals surface area contributed by atoms with Gasteiger partial charge in [-0.2, -0.15) is 5.10 Å². The molecular formula is C21H21N5OS. The Morgan fingerprint density at radius 1 is 1.14 bits per heavy atom. The summed E-state index contributed by atoms with van der Waals surface area (Å²) in [6.45, 7) is 6.46. The van der Waals surface area contributed by atoms with Gasteiger partial charge >= 0.3 is 0 Å². The first kappa shape index (κ1) is 18.3. The lowest BCUT2D eigenvalue weighted by molar-refractivity contribution is -0.119. The van der Waals surface area contributed by atoms with Crippen molar-refractivity contribution in [3.8, 4) is 0 Å². The summed E-state index contributed by atoms with van der Waals surface area (Å²) in [4.78, 5) is 24.1. The van der Waals surface area contributed by atoms with E-state index < -0.39 is 0 Å². The Bertz CT molecular complexity index is 1130.